The van der Waals surface area contributed by atoms with E-state index in [1.165, 1.54) is 139 Å². The summed E-state index contributed by atoms with van der Waals surface area (Å²) in [5, 5.41) is 51.4. The normalized spacial score (nSPS) is 35.2. The molecule has 2 aromatic heterocycles. The maximum absolute atomic E-state index is 11.9. The molecule has 12 aliphatic rings. The molecule has 16 rings (SSSR count). The lowest BCUT2D eigenvalue weighted by Gasteiger charge is -2.56. The van der Waals surface area contributed by atoms with Crippen molar-refractivity contribution in [1.29, 1.82) is 0 Å². The molecule has 10 aliphatic carbocycles. The minimum Gasteiger partial charge on any atom is -0.504 e. The average Bonchev–Trinajstić information content (AvgIpc) is 1.54. The van der Waals surface area contributed by atoms with Crippen LogP contribution in [0, 0.1) is 69.0 Å². The minimum absolute atomic E-state index is 0.00437. The summed E-state index contributed by atoms with van der Waals surface area (Å²) in [5.41, 5.74) is 22.0. The Morgan fingerprint density at radius 3 is 2.45 bits per heavy atom. The summed E-state index contributed by atoms with van der Waals surface area (Å²) < 4.78 is 13.0. The van der Waals surface area contributed by atoms with Gasteiger partial charge in [0.25, 0.3) is 0 Å². The number of aromatic amines is 1. The van der Waals surface area contributed by atoms with Crippen LogP contribution in [-0.2, 0) is 32.3 Å². The monoisotopic (exact) mass is 1280 g/mol. The van der Waals surface area contributed by atoms with Gasteiger partial charge in [-0.1, -0.05) is 121 Å². The highest BCUT2D eigenvalue weighted by molar-refractivity contribution is 8.76. The number of nitrogens with two attached hydrogens (primary N) is 2. The molecular formula is C77H108N6O6S2. The lowest BCUT2D eigenvalue weighted by atomic mass is 9.50. The van der Waals surface area contributed by atoms with Gasteiger partial charge in [-0.05, 0) is 232 Å². The van der Waals surface area contributed by atoms with Gasteiger partial charge < -0.3 is 56.7 Å². The first-order valence-electron chi connectivity index (χ1n) is 36.2. The van der Waals surface area contributed by atoms with Crippen molar-refractivity contribution in [2.24, 2.45) is 85.5 Å². The van der Waals surface area contributed by atoms with Crippen LogP contribution in [0.15, 0.2) is 94.4 Å². The molecule has 1 saturated heterocycles. The minimum atomic E-state index is -0.919. The molecule has 7 bridgehead atoms. The number of fused-ring (bicyclic) bond motifs is 5. The van der Waals surface area contributed by atoms with Crippen LogP contribution in [0.1, 0.15) is 212 Å². The molecule has 11 N–H and O–H groups in total. The fourth-order valence-corrected chi connectivity index (χ4v) is 24.8. The molecule has 4 spiro atoms. The van der Waals surface area contributed by atoms with Crippen LogP contribution in [0.3, 0.4) is 0 Å². The number of furan rings is 1. The molecule has 0 radical (unpaired) electrons. The van der Waals surface area contributed by atoms with Gasteiger partial charge in [-0.15, -0.1) is 0 Å². The Labute approximate surface area is 551 Å². The quantitative estimate of drug-likeness (QED) is 0.0175. The first-order chi connectivity index (χ1) is 44.2. The summed E-state index contributed by atoms with van der Waals surface area (Å²) in [5.74, 6) is 9.74. The lowest BCUT2D eigenvalue weighted by Crippen LogP contribution is -2.55. The lowest BCUT2D eigenvalue weighted by molar-refractivity contribution is -0.00497. The Hall–Kier alpha value is -4.15. The molecule has 7 fully saturated rings. The molecule has 4 aromatic rings. The third-order valence-electron chi connectivity index (χ3n) is 26.6. The average molecular weight is 1280 g/mol. The molecule has 12 nitrogen and oxygen atoms in total. The number of allylic oxidation sites excluding steroid dienone is 4. The number of hydrogen-bond donors (Lipinski definition) is 9. The van der Waals surface area contributed by atoms with Crippen molar-refractivity contribution in [3.8, 4) is 11.5 Å². The zero-order valence-corrected chi connectivity index (χ0v) is 56.3. The van der Waals surface area contributed by atoms with E-state index in [4.69, 9.17) is 25.6 Å². The number of H-pyrrole nitrogens is 1. The van der Waals surface area contributed by atoms with Crippen LogP contribution in [0.4, 0.5) is 0 Å². The number of phenols is 1. The van der Waals surface area contributed by atoms with Crippen molar-refractivity contribution >= 4 is 27.5 Å². The Kier molecular flexibility index (Phi) is 19.2. The first kappa shape index (κ1) is 64.2. The van der Waals surface area contributed by atoms with Gasteiger partial charge in [0.15, 0.2) is 17.5 Å². The maximum Gasteiger partial charge on any atom is 0.189 e. The van der Waals surface area contributed by atoms with Gasteiger partial charge in [0.2, 0.25) is 0 Å². The second kappa shape index (κ2) is 27.2. The van der Waals surface area contributed by atoms with Crippen LogP contribution in [0.25, 0.3) is 0 Å². The zero-order valence-electron chi connectivity index (χ0n) is 54.7. The number of benzene rings is 2. The molecule has 2 aromatic carbocycles. The summed E-state index contributed by atoms with van der Waals surface area (Å²) in [6.45, 7) is 5.58. The summed E-state index contributed by atoms with van der Waals surface area (Å²) in [7, 11) is 4.03. The molecule has 14 heteroatoms. The number of rotatable bonds is 20. The van der Waals surface area contributed by atoms with Crippen molar-refractivity contribution in [3.05, 3.63) is 130 Å². The standard InChI is InChI=1S/C77H108N6O6S2/c1-48(85)42-80-43-62-59-41-65(82-72(59)60-25-34-77(62)30-10-13-71(77)76(60)28-8-9-29-76)68(87)45-88-70-36-51(16-20-67(70)86)15-19-58-37-55(44-84)69(89-58)21-17-52-22-32-75-33-23-53-38-61(75)54(35-52)39-64(78)63(75)46-90-91-47-66(49(53)2)83-73(79)81-57-24-31-74(26-6-7-27-74)56(40-57)18-14-50-11-4-3-5-12-50/h3-5,11-12,16,20,23,25,33-34,36-37,41,48-49,52-54,56-57,60-64,66,68,71,80,82,84-87H,6-10,13-15,17-19,21-22,24,26-32,35,38-40,42-47,78H2,1-2H3,(H3,79,81,83)/t48-,49+,52+,53+,54+,56-,57+,60+,61-,62-,63-,64+,66+,68-,71+,75-,77-/m0/s1. The molecule has 91 heavy (non-hydrogen) atoms. The molecule has 17 atom stereocenters. The number of nitrogens with zero attached hydrogens (tertiary/aromatic N) is 1. The largest absolute Gasteiger partial charge is 0.504 e. The Bertz CT molecular complexity index is 3220. The van der Waals surface area contributed by atoms with E-state index in [0.29, 0.717) is 89.9 Å². The van der Waals surface area contributed by atoms with Gasteiger partial charge in [0, 0.05) is 78.3 Å². The zero-order chi connectivity index (χ0) is 62.5. The number of aliphatic hydroxyl groups excluding tert-OH is 3. The number of aryl methyl sites for hydroxylation is 4. The number of aliphatic hydroxyl groups is 3. The molecule has 2 aliphatic heterocycles. The number of aromatic nitrogens is 1. The van der Waals surface area contributed by atoms with Crippen LogP contribution in [0.2, 0.25) is 0 Å². The van der Waals surface area contributed by atoms with Gasteiger partial charge in [-0.25, -0.2) is 4.99 Å². The number of phenolic OH excluding ortho intramolecular Hbond substituents is 1. The highest BCUT2D eigenvalue weighted by Crippen LogP contribution is 2.73. The van der Waals surface area contributed by atoms with Gasteiger partial charge >= 0.3 is 0 Å². The van der Waals surface area contributed by atoms with Gasteiger partial charge in [-0.2, -0.15) is 0 Å². The van der Waals surface area contributed by atoms with E-state index in [1.54, 1.807) is 6.07 Å². The number of aromatic hydroxyl groups is 1. The van der Waals surface area contributed by atoms with E-state index in [1.807, 2.05) is 46.7 Å². The highest BCUT2D eigenvalue weighted by atomic mass is 33.1. The Morgan fingerprint density at radius 1 is 0.813 bits per heavy atom. The van der Waals surface area contributed by atoms with Gasteiger partial charge in [0.05, 0.1) is 18.8 Å². The molecular weight excluding hydrogens is 1170 g/mol. The van der Waals surface area contributed by atoms with Crippen LogP contribution < -0.4 is 26.8 Å². The second-order valence-corrected chi connectivity index (χ2v) is 33.8. The van der Waals surface area contributed by atoms with Gasteiger partial charge in [0.1, 0.15) is 24.2 Å². The van der Waals surface area contributed by atoms with Crippen LogP contribution in [0.5, 0.6) is 11.5 Å². The smallest absolute Gasteiger partial charge is 0.189 e. The summed E-state index contributed by atoms with van der Waals surface area (Å²) in [6.07, 6.45) is 38.5. The van der Waals surface area contributed by atoms with Crippen LogP contribution >= 0.6 is 21.6 Å². The fraction of sp³-hybridized carbons (Fsp3) is 0.675. The summed E-state index contributed by atoms with van der Waals surface area (Å²) in [6, 6.07) is 21.6. The Morgan fingerprint density at radius 2 is 1.63 bits per heavy atom. The van der Waals surface area contributed by atoms with Crippen LogP contribution in [-0.4, -0.2) is 86.8 Å². The second-order valence-electron chi connectivity index (χ2n) is 31.3. The Balaban J connectivity index is 0.596. The number of ether oxygens (including phenoxy) is 1. The van der Waals surface area contributed by atoms with E-state index < -0.39 is 12.2 Å². The van der Waals surface area contributed by atoms with Crippen molar-refractivity contribution in [1.82, 2.24) is 15.6 Å². The topological polar surface area (TPSA) is 208 Å². The van der Waals surface area contributed by atoms with E-state index in [0.717, 1.165) is 78.0 Å². The predicted molar refractivity (Wildman–Crippen MR) is 369 cm³/mol. The summed E-state index contributed by atoms with van der Waals surface area (Å²) in [4.78, 5) is 9.24. The van der Waals surface area contributed by atoms with Crippen molar-refractivity contribution in [3.63, 3.8) is 0 Å². The van der Waals surface area contributed by atoms with E-state index in [2.05, 4.69) is 83.2 Å². The number of aliphatic imine (C=N–C) groups is 1. The third-order valence-corrected chi connectivity index (χ3v) is 29.0. The number of guanidine groups is 1. The highest BCUT2D eigenvalue weighted by Gasteiger charge is 2.64. The maximum atomic E-state index is 11.9. The number of nitrogens with one attached hydrogen (secondary N) is 3. The third kappa shape index (κ3) is 12.6. The SMILES string of the molecule is C[C@@H]1[C@@H]2C=C[C@]34CC[C@@H](CCc5oc(CCc6ccc(O)c(OC[C@H](O)c7cc8c([nH]7)[C@H]7C=C[C@@]9(CCC[C@@H]9C79CCCC9)[C@H]8CNC[C@H](C)O)c6)cc5CO)C[C@H](C[C@@H](N)[C@@H]3CSSC[C@H]1N=C(N)N[C@@H]1CCC3(CCCC3)[C@@H](CCc3ccccc3)C1)[C@@H]4C2. The molecule has 0 amide bonds. The molecule has 4 heterocycles. The van der Waals surface area contributed by atoms with Crippen molar-refractivity contribution in [2.45, 2.75) is 223 Å². The predicted octanol–water partition coefficient (Wildman–Crippen LogP) is 14.3. The number of hydrogen-bond acceptors (Lipinski definition) is 11. The summed E-state index contributed by atoms with van der Waals surface area (Å²) >= 11 is 0. The van der Waals surface area contributed by atoms with Gasteiger partial charge in [-0.3, -0.25) is 0 Å². The molecule has 6 saturated carbocycles. The molecule has 494 valence electrons. The van der Waals surface area contributed by atoms with Crippen molar-refractivity contribution in [2.75, 3.05) is 31.2 Å². The first-order valence-corrected chi connectivity index (χ1v) is 38.7. The van der Waals surface area contributed by atoms with E-state index in [-0.39, 0.29) is 53.2 Å². The van der Waals surface area contributed by atoms with E-state index >= 15 is 0 Å². The fourth-order valence-electron chi connectivity index (χ4n) is 22.0. The van der Waals surface area contributed by atoms with E-state index in [9.17, 15) is 20.4 Å². The molecule has 0 unspecified atom stereocenters. The van der Waals surface area contributed by atoms with Crippen molar-refractivity contribution < 1.29 is 29.6 Å².